The summed E-state index contributed by atoms with van der Waals surface area (Å²) in [7, 11) is 0. The van der Waals surface area contributed by atoms with Crippen molar-refractivity contribution in [2.24, 2.45) is 0 Å². The smallest absolute Gasteiger partial charge is 0.241 e. The number of amides is 1. The molecule has 0 aromatic heterocycles. The summed E-state index contributed by atoms with van der Waals surface area (Å²) in [6.45, 7) is 0.938. The third-order valence-corrected chi connectivity index (χ3v) is 7.01. The Hall–Kier alpha value is -1.43. The number of carbonyl (C=O) groups is 1. The van der Waals surface area contributed by atoms with Crippen LogP contribution in [0.3, 0.4) is 0 Å². The number of ether oxygens (including phenoxy) is 1. The van der Waals surface area contributed by atoms with Gasteiger partial charge in [0, 0.05) is 17.3 Å². The van der Waals surface area contributed by atoms with Crippen molar-refractivity contribution in [3.63, 3.8) is 0 Å². The number of aromatic hydroxyl groups is 1. The van der Waals surface area contributed by atoms with Crippen LogP contribution in [0.4, 0.5) is 17.6 Å². The molecular weight excluding hydrogens is 606 g/mol. The molecule has 30 heavy (non-hydrogen) atoms. The molecule has 2 N–H and O–H groups in total. The van der Waals surface area contributed by atoms with Gasteiger partial charge in [-0.05, 0) is 50.9 Å². The van der Waals surface area contributed by atoms with E-state index in [1.807, 2.05) is 0 Å². The molecule has 1 amide bonds. The van der Waals surface area contributed by atoms with Crippen molar-refractivity contribution in [1.29, 1.82) is 0 Å². The van der Waals surface area contributed by atoms with Gasteiger partial charge >= 0.3 is 0 Å². The molecule has 1 aliphatic rings. The van der Waals surface area contributed by atoms with E-state index in [4.69, 9.17) is 4.74 Å². The van der Waals surface area contributed by atoms with Gasteiger partial charge in [0.1, 0.15) is 27.8 Å². The Kier molecular flexibility index (Phi) is 6.66. The average Bonchev–Trinajstić information content (AvgIpc) is 2.68. The summed E-state index contributed by atoms with van der Waals surface area (Å²) in [4.78, 5) is 11.1. The first-order valence-corrected chi connectivity index (χ1v) is 10.8. The van der Waals surface area contributed by atoms with E-state index in [1.165, 1.54) is 13.0 Å². The van der Waals surface area contributed by atoms with Crippen molar-refractivity contribution in [2.75, 3.05) is 0 Å². The molecule has 2 aromatic carbocycles. The summed E-state index contributed by atoms with van der Waals surface area (Å²) < 4.78 is 62.5. The number of rotatable bonds is 4. The second-order valence-corrected chi connectivity index (χ2v) is 8.98. The summed E-state index contributed by atoms with van der Waals surface area (Å²) in [6, 6.07) is 2.76. The third kappa shape index (κ3) is 3.92. The highest BCUT2D eigenvalue weighted by molar-refractivity contribution is 9.11. The maximum absolute atomic E-state index is 15.2. The van der Waals surface area contributed by atoms with Crippen molar-refractivity contribution in [3.05, 3.63) is 73.3 Å². The van der Waals surface area contributed by atoms with E-state index in [2.05, 4.69) is 53.1 Å². The molecule has 0 aliphatic carbocycles. The molecule has 11 heteroatoms. The molecule has 3 rings (SSSR count). The minimum absolute atomic E-state index is 0.0924. The van der Waals surface area contributed by atoms with Crippen molar-refractivity contribution in [2.45, 2.75) is 24.0 Å². The third-order valence-electron chi connectivity index (χ3n) is 4.47. The Morgan fingerprint density at radius 2 is 1.77 bits per heavy atom. The Balaban J connectivity index is 2.23. The average molecular weight is 618 g/mol. The van der Waals surface area contributed by atoms with Gasteiger partial charge in [-0.2, -0.15) is 0 Å². The van der Waals surface area contributed by atoms with E-state index in [9.17, 15) is 18.7 Å². The Labute approximate surface area is 193 Å². The lowest BCUT2D eigenvalue weighted by Gasteiger charge is -2.39. The summed E-state index contributed by atoms with van der Waals surface area (Å²) >= 11 is 8.83. The zero-order chi connectivity index (χ0) is 22.4. The number of benzene rings is 2. The van der Waals surface area contributed by atoms with Crippen LogP contribution in [0.1, 0.15) is 18.1 Å². The molecule has 0 fully saturated rings. The number of carbonyl (C=O) groups excluding carboxylic acids is 1. The highest BCUT2D eigenvalue weighted by atomic mass is 79.9. The van der Waals surface area contributed by atoms with Crippen LogP contribution in [0.2, 0.25) is 0 Å². The van der Waals surface area contributed by atoms with Gasteiger partial charge in [0.05, 0.1) is 21.1 Å². The first-order valence-electron chi connectivity index (χ1n) is 8.27. The van der Waals surface area contributed by atoms with Crippen LogP contribution in [-0.4, -0.2) is 15.8 Å². The number of phenolic OH excluding ortho intramolecular Hbond substituents is 1. The second kappa shape index (κ2) is 8.60. The minimum atomic E-state index is -2.07. The molecular formula is C19H12Br3F4NO3. The van der Waals surface area contributed by atoms with E-state index < -0.39 is 66.5 Å². The number of allylic oxidation sites excluding steroid dienone is 1. The lowest BCUT2D eigenvalue weighted by atomic mass is 9.85. The number of nitrogens with one attached hydrogen (secondary N) is 1. The van der Waals surface area contributed by atoms with Crippen molar-refractivity contribution in [3.8, 4) is 5.75 Å². The highest BCUT2D eigenvalue weighted by Crippen LogP contribution is 2.48. The zero-order valence-electron chi connectivity index (χ0n) is 15.0. The fourth-order valence-corrected chi connectivity index (χ4v) is 4.74. The van der Waals surface area contributed by atoms with Gasteiger partial charge in [-0.3, -0.25) is 4.79 Å². The molecule has 2 unspecified atom stereocenters. The number of hydrogen-bond acceptors (Lipinski definition) is 3. The van der Waals surface area contributed by atoms with Gasteiger partial charge in [0.2, 0.25) is 5.91 Å². The predicted molar refractivity (Wildman–Crippen MR) is 111 cm³/mol. The summed E-state index contributed by atoms with van der Waals surface area (Å²) in [5.41, 5.74) is -2.63. The second-order valence-electron chi connectivity index (χ2n) is 6.48. The lowest BCUT2D eigenvalue weighted by Crippen LogP contribution is -2.51. The fourth-order valence-electron chi connectivity index (χ4n) is 3.07. The van der Waals surface area contributed by atoms with Crippen LogP contribution in [0.5, 0.6) is 5.75 Å². The first kappa shape index (κ1) is 23.2. The first-order chi connectivity index (χ1) is 14.0. The molecule has 2 aromatic rings. The van der Waals surface area contributed by atoms with E-state index >= 15 is 8.78 Å². The molecule has 0 saturated heterocycles. The van der Waals surface area contributed by atoms with Gasteiger partial charge in [-0.25, -0.2) is 17.6 Å². The van der Waals surface area contributed by atoms with Gasteiger partial charge in [-0.1, -0.05) is 22.0 Å². The van der Waals surface area contributed by atoms with Crippen LogP contribution >= 0.6 is 47.8 Å². The number of hydrogen-bond donors (Lipinski definition) is 2. The molecule has 1 aliphatic heterocycles. The van der Waals surface area contributed by atoms with Crippen molar-refractivity contribution in [1.82, 2.24) is 5.32 Å². The van der Waals surface area contributed by atoms with E-state index in [0.717, 1.165) is 12.1 Å². The number of halogens is 7. The molecule has 2 atom stereocenters. The Morgan fingerprint density at radius 3 is 2.33 bits per heavy atom. The quantitative estimate of drug-likeness (QED) is 0.264. The number of alkyl halides is 1. The summed E-state index contributed by atoms with van der Waals surface area (Å²) in [5, 5.41) is 12.4. The molecule has 0 radical (unpaired) electrons. The molecule has 0 spiro atoms. The van der Waals surface area contributed by atoms with Gasteiger partial charge in [0.15, 0.2) is 11.6 Å². The monoisotopic (exact) mass is 615 g/mol. The molecule has 4 nitrogen and oxygen atoms in total. The maximum atomic E-state index is 15.2. The Bertz CT molecular complexity index is 1050. The minimum Gasteiger partial charge on any atom is -0.505 e. The van der Waals surface area contributed by atoms with Crippen molar-refractivity contribution < 1.29 is 32.2 Å². The normalized spacial score (nSPS) is 21.4. The van der Waals surface area contributed by atoms with Crippen LogP contribution in [0.25, 0.3) is 0 Å². The van der Waals surface area contributed by atoms with E-state index in [1.54, 1.807) is 0 Å². The Morgan fingerprint density at radius 1 is 1.17 bits per heavy atom. The fraction of sp³-hybridized carbons (Fsp3) is 0.211. The maximum Gasteiger partial charge on any atom is 0.241 e. The lowest BCUT2D eigenvalue weighted by molar-refractivity contribution is -0.127. The van der Waals surface area contributed by atoms with Crippen molar-refractivity contribution >= 4 is 53.7 Å². The topological polar surface area (TPSA) is 58.6 Å². The van der Waals surface area contributed by atoms with Gasteiger partial charge in [-0.15, -0.1) is 0 Å². The molecule has 160 valence electrons. The van der Waals surface area contributed by atoms with Crippen LogP contribution in [0.15, 0.2) is 38.9 Å². The van der Waals surface area contributed by atoms with E-state index in [-0.39, 0.29) is 11.3 Å². The standard InChI is InChI=1S/C19H12Br3F4NO3/c1-7-5-19(17(22)18(29)27-7,30-6-8-2-3-9(23)4-10(8)24)11-14(25)12(20)16(28)13(21)15(11)26/h2-5,17,28H,6H2,1H3,(H,27,29). The van der Waals surface area contributed by atoms with E-state index in [0.29, 0.717) is 6.07 Å². The van der Waals surface area contributed by atoms with Crippen LogP contribution in [0, 0.1) is 23.3 Å². The van der Waals surface area contributed by atoms with Crippen LogP contribution < -0.4 is 5.32 Å². The zero-order valence-corrected chi connectivity index (χ0v) is 19.8. The van der Waals surface area contributed by atoms with Gasteiger partial charge < -0.3 is 15.2 Å². The number of phenols is 1. The highest BCUT2D eigenvalue weighted by Gasteiger charge is 2.50. The molecule has 0 bridgehead atoms. The summed E-state index contributed by atoms with van der Waals surface area (Å²) in [5.74, 6) is -5.53. The van der Waals surface area contributed by atoms with Gasteiger partial charge in [0.25, 0.3) is 0 Å². The predicted octanol–water partition coefficient (Wildman–Crippen LogP) is 5.68. The largest absolute Gasteiger partial charge is 0.505 e. The molecule has 0 saturated carbocycles. The van der Waals surface area contributed by atoms with Crippen LogP contribution in [-0.2, 0) is 21.7 Å². The SMILES string of the molecule is CC1=CC(OCc2ccc(F)cc2F)(c2c(F)c(Br)c(O)c(Br)c2F)C(Br)C(=O)N1. The molecule has 1 heterocycles. The summed E-state index contributed by atoms with van der Waals surface area (Å²) in [6.07, 6.45) is 1.27.